The van der Waals surface area contributed by atoms with Gasteiger partial charge in [0.25, 0.3) is 0 Å². The molecule has 1 saturated carbocycles. The van der Waals surface area contributed by atoms with E-state index in [0.29, 0.717) is 21.3 Å². The summed E-state index contributed by atoms with van der Waals surface area (Å²) < 4.78 is 0. The maximum atomic E-state index is 8.83. The summed E-state index contributed by atoms with van der Waals surface area (Å²) in [6, 6.07) is 2.52. The zero-order valence-corrected chi connectivity index (χ0v) is 12.0. The topological polar surface area (TPSA) is 48.7 Å². The lowest BCUT2D eigenvalue weighted by Crippen LogP contribution is -2.26. The molecule has 1 N–H and O–H groups in total. The Bertz CT molecular complexity index is 427. The minimum absolute atomic E-state index is 0.317. The zero-order valence-electron chi connectivity index (χ0n) is 9.57. The van der Waals surface area contributed by atoms with Gasteiger partial charge in [0.15, 0.2) is 10.3 Å². The molecular formula is C11H14ClN3S2. The highest BCUT2D eigenvalue weighted by Gasteiger charge is 2.27. The van der Waals surface area contributed by atoms with E-state index < -0.39 is 0 Å². The molecular weight excluding hydrogens is 274 g/mol. The molecule has 2 rings (SSSR count). The molecule has 1 aliphatic rings. The number of rotatable bonds is 4. The maximum absolute atomic E-state index is 8.83. The second-order valence-electron chi connectivity index (χ2n) is 3.93. The van der Waals surface area contributed by atoms with E-state index in [1.165, 1.54) is 30.6 Å². The van der Waals surface area contributed by atoms with E-state index in [1.54, 1.807) is 0 Å². The molecule has 17 heavy (non-hydrogen) atoms. The van der Waals surface area contributed by atoms with Crippen LogP contribution >= 0.6 is 34.7 Å². The van der Waals surface area contributed by atoms with Gasteiger partial charge in [0.2, 0.25) is 0 Å². The normalized spacial score (nSPS) is 23.6. The molecule has 1 aromatic rings. The predicted octanol–water partition coefficient (Wildman–Crippen LogP) is 3.75. The summed E-state index contributed by atoms with van der Waals surface area (Å²) in [6.45, 7) is 2.19. The smallest absolute Gasteiger partial charge is 0.185 e. The molecule has 0 aliphatic heterocycles. The highest BCUT2D eigenvalue weighted by atomic mass is 35.5. The van der Waals surface area contributed by atoms with Gasteiger partial charge in [0.1, 0.15) is 10.9 Å². The Morgan fingerprint density at radius 1 is 1.65 bits per heavy atom. The van der Waals surface area contributed by atoms with Gasteiger partial charge in [-0.25, -0.2) is 4.98 Å². The van der Waals surface area contributed by atoms with Crippen LogP contribution in [0.5, 0.6) is 0 Å². The Morgan fingerprint density at radius 3 is 3.12 bits per heavy atom. The quantitative estimate of drug-likeness (QED) is 0.916. The first-order chi connectivity index (χ1) is 8.24. The third kappa shape index (κ3) is 3.06. The lowest BCUT2D eigenvalue weighted by molar-refractivity contribution is 0.766. The molecule has 2 atom stereocenters. The molecule has 0 bridgehead atoms. The van der Waals surface area contributed by atoms with Crippen LogP contribution in [-0.4, -0.2) is 22.0 Å². The SMILES string of the molecule is CCSC1CCCC1Nc1nc(Cl)c(C#N)s1. The van der Waals surface area contributed by atoms with Crippen molar-refractivity contribution in [2.75, 3.05) is 11.1 Å². The first-order valence-corrected chi connectivity index (χ1v) is 7.93. The summed E-state index contributed by atoms with van der Waals surface area (Å²) in [5, 5.41) is 14.0. The number of halogens is 1. The van der Waals surface area contributed by atoms with Crippen LogP contribution in [0, 0.1) is 11.3 Å². The zero-order chi connectivity index (χ0) is 12.3. The van der Waals surface area contributed by atoms with Gasteiger partial charge in [-0.3, -0.25) is 0 Å². The Labute approximate surface area is 115 Å². The second-order valence-corrected chi connectivity index (χ2v) is 6.80. The van der Waals surface area contributed by atoms with E-state index in [1.807, 2.05) is 11.8 Å². The Hall–Kier alpha value is -0.440. The van der Waals surface area contributed by atoms with E-state index in [4.69, 9.17) is 16.9 Å². The summed E-state index contributed by atoms with van der Waals surface area (Å²) in [6.07, 6.45) is 3.71. The maximum Gasteiger partial charge on any atom is 0.185 e. The van der Waals surface area contributed by atoms with Crippen LogP contribution in [0.2, 0.25) is 5.15 Å². The van der Waals surface area contributed by atoms with Gasteiger partial charge >= 0.3 is 0 Å². The van der Waals surface area contributed by atoms with Crippen LogP contribution in [-0.2, 0) is 0 Å². The molecule has 3 nitrogen and oxygen atoms in total. The average molecular weight is 288 g/mol. The summed E-state index contributed by atoms with van der Waals surface area (Å²) in [5.74, 6) is 1.14. The fourth-order valence-corrected chi connectivity index (χ4v) is 4.30. The number of nitrogens with one attached hydrogen (secondary N) is 1. The van der Waals surface area contributed by atoms with E-state index >= 15 is 0 Å². The van der Waals surface area contributed by atoms with Crippen LogP contribution in [0.3, 0.4) is 0 Å². The molecule has 92 valence electrons. The third-order valence-electron chi connectivity index (χ3n) is 2.83. The van der Waals surface area contributed by atoms with Crippen molar-refractivity contribution in [1.29, 1.82) is 5.26 Å². The molecule has 1 aliphatic carbocycles. The van der Waals surface area contributed by atoms with Crippen LogP contribution in [0.25, 0.3) is 0 Å². The van der Waals surface area contributed by atoms with Crippen LogP contribution < -0.4 is 5.32 Å². The number of nitriles is 1. The first-order valence-electron chi connectivity index (χ1n) is 5.69. The van der Waals surface area contributed by atoms with Crippen molar-refractivity contribution >= 4 is 39.8 Å². The van der Waals surface area contributed by atoms with Crippen LogP contribution in [0.4, 0.5) is 5.13 Å². The van der Waals surface area contributed by atoms with Crippen LogP contribution in [0.15, 0.2) is 0 Å². The van der Waals surface area contributed by atoms with Gasteiger partial charge in [0.05, 0.1) is 0 Å². The monoisotopic (exact) mass is 287 g/mol. The van der Waals surface area contributed by atoms with Crippen molar-refractivity contribution in [3.63, 3.8) is 0 Å². The Morgan fingerprint density at radius 2 is 2.47 bits per heavy atom. The van der Waals surface area contributed by atoms with Crippen molar-refractivity contribution < 1.29 is 0 Å². The standard InChI is InChI=1S/C11H14ClN3S2/c1-2-16-8-5-3-4-7(8)14-11-15-10(12)9(6-13)17-11/h7-8H,2-5H2,1H3,(H,14,15). The summed E-state index contributed by atoms with van der Waals surface area (Å²) in [4.78, 5) is 4.67. The molecule has 6 heteroatoms. The number of thioether (sulfide) groups is 1. The number of nitrogens with zero attached hydrogens (tertiary/aromatic N) is 2. The molecule has 0 spiro atoms. The van der Waals surface area contributed by atoms with E-state index in [9.17, 15) is 0 Å². The van der Waals surface area contributed by atoms with Crippen molar-refractivity contribution in [1.82, 2.24) is 4.98 Å². The molecule has 1 aromatic heterocycles. The highest BCUT2D eigenvalue weighted by Crippen LogP contribution is 2.34. The molecule has 0 aromatic carbocycles. The molecule has 1 heterocycles. The number of thiazole rings is 1. The number of anilines is 1. The summed E-state index contributed by atoms with van der Waals surface area (Å²) in [7, 11) is 0. The molecule has 0 amide bonds. The lowest BCUT2D eigenvalue weighted by atomic mass is 10.2. The molecule has 2 unspecified atom stereocenters. The number of hydrogen-bond acceptors (Lipinski definition) is 5. The van der Waals surface area contributed by atoms with Crippen molar-refractivity contribution in [3.8, 4) is 6.07 Å². The van der Waals surface area contributed by atoms with Gasteiger partial charge in [-0.1, -0.05) is 36.3 Å². The number of aromatic nitrogens is 1. The highest BCUT2D eigenvalue weighted by molar-refractivity contribution is 7.99. The van der Waals surface area contributed by atoms with Crippen molar-refractivity contribution in [2.45, 2.75) is 37.5 Å². The van der Waals surface area contributed by atoms with Gasteiger partial charge < -0.3 is 5.32 Å². The van der Waals surface area contributed by atoms with Crippen molar-refractivity contribution in [3.05, 3.63) is 10.0 Å². The molecule has 1 fully saturated rings. The lowest BCUT2D eigenvalue weighted by Gasteiger charge is -2.19. The van der Waals surface area contributed by atoms with Gasteiger partial charge in [-0.2, -0.15) is 17.0 Å². The third-order valence-corrected chi connectivity index (χ3v) is 5.43. The van der Waals surface area contributed by atoms with E-state index in [2.05, 4.69) is 23.3 Å². The summed E-state index contributed by atoms with van der Waals surface area (Å²) >= 11 is 9.20. The largest absolute Gasteiger partial charge is 0.358 e. The second kappa shape index (κ2) is 5.94. The Balaban J connectivity index is 2.02. The summed E-state index contributed by atoms with van der Waals surface area (Å²) in [5.41, 5.74) is 0. The molecule has 0 saturated heterocycles. The van der Waals surface area contributed by atoms with Crippen molar-refractivity contribution in [2.24, 2.45) is 0 Å². The van der Waals surface area contributed by atoms with Gasteiger partial charge in [-0.15, -0.1) is 0 Å². The van der Waals surface area contributed by atoms with Gasteiger partial charge in [0, 0.05) is 11.3 Å². The Kier molecular flexibility index (Phi) is 4.55. The van der Waals surface area contributed by atoms with E-state index in [0.717, 1.165) is 10.9 Å². The van der Waals surface area contributed by atoms with Gasteiger partial charge in [-0.05, 0) is 18.6 Å². The predicted molar refractivity (Wildman–Crippen MR) is 75.0 cm³/mol. The first kappa shape index (κ1) is 13.0. The van der Waals surface area contributed by atoms with E-state index in [-0.39, 0.29) is 0 Å². The number of hydrogen-bond donors (Lipinski definition) is 1. The molecule has 0 radical (unpaired) electrons. The average Bonchev–Trinajstić information content (AvgIpc) is 2.87. The minimum Gasteiger partial charge on any atom is -0.358 e. The fraction of sp³-hybridized carbons (Fsp3) is 0.636. The van der Waals surface area contributed by atoms with Crippen LogP contribution in [0.1, 0.15) is 31.1 Å². The minimum atomic E-state index is 0.317. The fourth-order valence-electron chi connectivity index (χ4n) is 2.10.